The molecule has 2 aromatic carbocycles. The maximum atomic E-state index is 13.3. The number of hydrogen-bond donors (Lipinski definition) is 1. The first-order chi connectivity index (χ1) is 9.51. The van der Waals surface area contributed by atoms with Crippen LogP contribution >= 0.6 is 43.5 Å². The number of rotatable bonds is 3. The number of hydrogen-bond acceptors (Lipinski definition) is 2. The summed E-state index contributed by atoms with van der Waals surface area (Å²) in [6, 6.07) is 10.9. The van der Waals surface area contributed by atoms with Gasteiger partial charge in [0.1, 0.15) is 11.9 Å². The minimum Gasteiger partial charge on any atom is -0.366 e. The number of halogens is 4. The Morgan fingerprint density at radius 1 is 1.15 bits per heavy atom. The van der Waals surface area contributed by atoms with Crippen LogP contribution in [-0.4, -0.2) is 0 Å². The van der Waals surface area contributed by atoms with E-state index in [1.807, 2.05) is 0 Å². The number of nitrogens with one attached hydrogen (secondary N) is 1. The number of benzene rings is 2. The molecule has 20 heavy (non-hydrogen) atoms. The van der Waals surface area contributed by atoms with Gasteiger partial charge in [-0.15, -0.1) is 0 Å². The van der Waals surface area contributed by atoms with Crippen LogP contribution < -0.4 is 5.32 Å². The maximum Gasteiger partial charge on any atom is 0.141 e. The quantitative estimate of drug-likeness (QED) is 0.696. The lowest BCUT2D eigenvalue weighted by atomic mass is 10.1. The number of nitrogens with zero attached hydrogens (tertiary/aromatic N) is 1. The molecule has 1 N–H and O–H groups in total. The molecule has 0 saturated heterocycles. The van der Waals surface area contributed by atoms with Gasteiger partial charge in [0, 0.05) is 20.2 Å². The van der Waals surface area contributed by atoms with Gasteiger partial charge in [-0.2, -0.15) is 5.26 Å². The second-order valence-corrected chi connectivity index (χ2v) is 6.12. The Kier molecular flexibility index (Phi) is 5.03. The third-order valence-electron chi connectivity index (χ3n) is 2.63. The molecule has 0 fully saturated rings. The van der Waals surface area contributed by atoms with Crippen molar-refractivity contribution in [2.45, 2.75) is 6.04 Å². The van der Waals surface area contributed by atoms with Crippen molar-refractivity contribution in [3.05, 3.63) is 61.7 Å². The third kappa shape index (κ3) is 3.51. The Hall–Kier alpha value is -1.09. The van der Waals surface area contributed by atoms with Crippen LogP contribution in [-0.2, 0) is 0 Å². The zero-order chi connectivity index (χ0) is 14.7. The average Bonchev–Trinajstić information content (AvgIpc) is 2.43. The largest absolute Gasteiger partial charge is 0.366 e. The van der Waals surface area contributed by atoms with E-state index in [1.165, 1.54) is 12.1 Å². The van der Waals surface area contributed by atoms with Gasteiger partial charge in [-0.3, -0.25) is 0 Å². The molecular formula is C14H8Br2ClFN2. The van der Waals surface area contributed by atoms with Gasteiger partial charge < -0.3 is 5.32 Å². The number of anilines is 1. The predicted molar refractivity (Wildman–Crippen MR) is 85.2 cm³/mol. The zero-order valence-corrected chi connectivity index (χ0v) is 13.9. The van der Waals surface area contributed by atoms with Crippen molar-refractivity contribution in [1.29, 1.82) is 5.26 Å². The van der Waals surface area contributed by atoms with Gasteiger partial charge in [-0.25, -0.2) is 4.39 Å². The van der Waals surface area contributed by atoms with Gasteiger partial charge in [0.25, 0.3) is 0 Å². The Morgan fingerprint density at radius 2 is 1.90 bits per heavy atom. The van der Waals surface area contributed by atoms with E-state index in [0.29, 0.717) is 20.7 Å². The van der Waals surface area contributed by atoms with Crippen molar-refractivity contribution in [1.82, 2.24) is 0 Å². The van der Waals surface area contributed by atoms with E-state index in [9.17, 15) is 9.65 Å². The molecule has 0 aliphatic rings. The Balaban J connectivity index is 2.31. The molecule has 0 aliphatic heterocycles. The molecule has 6 heteroatoms. The van der Waals surface area contributed by atoms with Gasteiger partial charge in [0.15, 0.2) is 0 Å². The molecule has 0 aliphatic carbocycles. The van der Waals surface area contributed by atoms with Gasteiger partial charge >= 0.3 is 0 Å². The lowest BCUT2D eigenvalue weighted by Crippen LogP contribution is -2.09. The van der Waals surface area contributed by atoms with Crippen molar-refractivity contribution in [2.75, 3.05) is 5.32 Å². The van der Waals surface area contributed by atoms with E-state index in [0.717, 1.165) is 4.47 Å². The fourth-order valence-corrected chi connectivity index (χ4v) is 2.64. The van der Waals surface area contributed by atoms with Crippen LogP contribution in [0.2, 0.25) is 5.02 Å². The summed E-state index contributed by atoms with van der Waals surface area (Å²) in [6.45, 7) is 0. The lowest BCUT2D eigenvalue weighted by molar-refractivity contribution is 0.624. The molecular weight excluding hydrogens is 410 g/mol. The average molecular weight is 418 g/mol. The molecule has 0 radical (unpaired) electrons. The first-order valence-electron chi connectivity index (χ1n) is 5.57. The van der Waals surface area contributed by atoms with Crippen LogP contribution in [0.3, 0.4) is 0 Å². The van der Waals surface area contributed by atoms with Crippen LogP contribution in [0.5, 0.6) is 0 Å². The maximum absolute atomic E-state index is 13.3. The summed E-state index contributed by atoms with van der Waals surface area (Å²) in [5, 5.41) is 12.9. The highest BCUT2D eigenvalue weighted by Gasteiger charge is 2.15. The minimum absolute atomic E-state index is 0.387. The SMILES string of the molecule is N#CC(Nc1ccc(Cl)c(Br)c1)c1cc(F)ccc1Br. The molecule has 0 aromatic heterocycles. The summed E-state index contributed by atoms with van der Waals surface area (Å²) in [7, 11) is 0. The normalized spacial score (nSPS) is 11.8. The smallest absolute Gasteiger partial charge is 0.141 e. The Morgan fingerprint density at radius 3 is 2.55 bits per heavy atom. The van der Waals surface area contributed by atoms with E-state index in [1.54, 1.807) is 24.3 Å². The molecule has 1 unspecified atom stereocenters. The summed E-state index contributed by atoms with van der Waals surface area (Å²) in [4.78, 5) is 0. The molecule has 0 bridgehead atoms. The van der Waals surface area contributed by atoms with Crippen molar-refractivity contribution < 1.29 is 4.39 Å². The van der Waals surface area contributed by atoms with Crippen molar-refractivity contribution >= 4 is 49.1 Å². The monoisotopic (exact) mass is 416 g/mol. The highest BCUT2D eigenvalue weighted by molar-refractivity contribution is 9.10. The van der Waals surface area contributed by atoms with Gasteiger partial charge in [-0.05, 0) is 52.3 Å². The second-order valence-electron chi connectivity index (χ2n) is 4.00. The second kappa shape index (κ2) is 6.57. The molecule has 2 nitrogen and oxygen atoms in total. The zero-order valence-electron chi connectivity index (χ0n) is 10.0. The topological polar surface area (TPSA) is 35.8 Å². The molecule has 0 heterocycles. The fourth-order valence-electron chi connectivity index (χ4n) is 1.67. The first-order valence-corrected chi connectivity index (χ1v) is 7.54. The minimum atomic E-state index is -0.673. The van der Waals surface area contributed by atoms with Gasteiger partial charge in [-0.1, -0.05) is 27.5 Å². The molecule has 0 amide bonds. The highest BCUT2D eigenvalue weighted by atomic mass is 79.9. The Bertz CT molecular complexity index is 685. The standard InChI is InChI=1S/C14H8Br2ClFN2/c15-11-3-1-8(18)5-10(11)14(7-19)20-9-2-4-13(17)12(16)6-9/h1-6,14,20H. The van der Waals surface area contributed by atoms with Crippen LogP contribution in [0.15, 0.2) is 45.3 Å². The van der Waals surface area contributed by atoms with Crippen molar-refractivity contribution in [3.63, 3.8) is 0 Å². The van der Waals surface area contributed by atoms with E-state index >= 15 is 0 Å². The lowest BCUT2D eigenvalue weighted by Gasteiger charge is -2.15. The van der Waals surface area contributed by atoms with E-state index in [4.69, 9.17) is 11.6 Å². The van der Waals surface area contributed by atoms with E-state index in [-0.39, 0.29) is 5.82 Å². The molecule has 0 spiro atoms. The van der Waals surface area contributed by atoms with Crippen molar-refractivity contribution in [3.8, 4) is 6.07 Å². The first kappa shape index (κ1) is 15.3. The van der Waals surface area contributed by atoms with Crippen LogP contribution in [0.1, 0.15) is 11.6 Å². The summed E-state index contributed by atoms with van der Waals surface area (Å²) >= 11 is 12.6. The highest BCUT2D eigenvalue weighted by Crippen LogP contribution is 2.30. The molecule has 102 valence electrons. The van der Waals surface area contributed by atoms with E-state index < -0.39 is 6.04 Å². The summed E-state index contributed by atoms with van der Waals surface area (Å²) < 4.78 is 14.7. The summed E-state index contributed by atoms with van der Waals surface area (Å²) in [5.74, 6) is -0.387. The van der Waals surface area contributed by atoms with Gasteiger partial charge in [0.2, 0.25) is 0 Å². The van der Waals surface area contributed by atoms with Crippen LogP contribution in [0.25, 0.3) is 0 Å². The van der Waals surface area contributed by atoms with Crippen LogP contribution in [0.4, 0.5) is 10.1 Å². The fraction of sp³-hybridized carbons (Fsp3) is 0.0714. The third-order valence-corrected chi connectivity index (χ3v) is 4.56. The number of nitriles is 1. The van der Waals surface area contributed by atoms with E-state index in [2.05, 4.69) is 43.2 Å². The predicted octanol–water partition coefficient (Wildman–Crippen LogP) is 5.68. The molecule has 1 atom stereocenters. The molecule has 2 aromatic rings. The van der Waals surface area contributed by atoms with Crippen LogP contribution in [0, 0.1) is 17.1 Å². The molecule has 2 rings (SSSR count). The van der Waals surface area contributed by atoms with Gasteiger partial charge in [0.05, 0.1) is 11.1 Å². The van der Waals surface area contributed by atoms with Crippen molar-refractivity contribution in [2.24, 2.45) is 0 Å². The molecule has 0 saturated carbocycles. The summed E-state index contributed by atoms with van der Waals surface area (Å²) in [6.07, 6.45) is 0. The Labute approximate surface area is 137 Å². The summed E-state index contributed by atoms with van der Waals surface area (Å²) in [5.41, 5.74) is 1.25.